The van der Waals surface area contributed by atoms with Gasteiger partial charge in [-0.2, -0.15) is 0 Å². The molecule has 0 aliphatic heterocycles. The minimum absolute atomic E-state index is 0.00305. The van der Waals surface area contributed by atoms with Crippen LogP contribution in [0.1, 0.15) is 75.2 Å². The third-order valence-electron chi connectivity index (χ3n) is 5.84. The molecule has 28 heavy (non-hydrogen) atoms. The Balaban J connectivity index is 2.27. The molecule has 1 aromatic carbocycles. The number of aromatic amines is 2. The summed E-state index contributed by atoms with van der Waals surface area (Å²) in [7, 11) is 1.68. The van der Waals surface area contributed by atoms with E-state index in [0.717, 1.165) is 40.2 Å². The van der Waals surface area contributed by atoms with Crippen molar-refractivity contribution in [3.63, 3.8) is 0 Å². The number of hydrogen-bond acceptors (Lipinski definition) is 2. The van der Waals surface area contributed by atoms with E-state index in [2.05, 4.69) is 42.9 Å². The predicted octanol–water partition coefficient (Wildman–Crippen LogP) is 5.53. The van der Waals surface area contributed by atoms with Gasteiger partial charge in [0.25, 0.3) is 0 Å². The molecule has 0 amide bonds. The number of ether oxygens (including phenoxy) is 1. The zero-order valence-electron chi connectivity index (χ0n) is 17.9. The number of methoxy groups -OCH3 is 1. The van der Waals surface area contributed by atoms with Gasteiger partial charge in [0, 0.05) is 28.3 Å². The molecular weight excluding hydrogens is 348 g/mol. The molecular formula is C24H30N2O2. The lowest BCUT2D eigenvalue weighted by Crippen LogP contribution is -2.08. The van der Waals surface area contributed by atoms with Crippen LogP contribution >= 0.6 is 0 Å². The first-order chi connectivity index (χ1) is 13.3. The number of ketones is 1. The fraction of sp³-hybridized carbons (Fsp3) is 0.375. The van der Waals surface area contributed by atoms with Crippen molar-refractivity contribution in [3.05, 3.63) is 74.9 Å². The highest BCUT2D eigenvalue weighted by Gasteiger charge is 2.28. The van der Waals surface area contributed by atoms with Gasteiger partial charge in [-0.1, -0.05) is 19.1 Å². The van der Waals surface area contributed by atoms with Crippen LogP contribution < -0.4 is 4.74 Å². The minimum Gasteiger partial charge on any atom is -0.497 e. The highest BCUT2D eigenvalue weighted by molar-refractivity contribution is 5.97. The zero-order chi connectivity index (χ0) is 20.6. The number of Topliss-reactive ketones (excluding diaryl/α,β-unsaturated/α-hetero) is 1. The largest absolute Gasteiger partial charge is 0.497 e. The third-order valence-corrected chi connectivity index (χ3v) is 5.84. The van der Waals surface area contributed by atoms with Crippen molar-refractivity contribution in [2.45, 2.75) is 53.9 Å². The molecule has 1 atom stereocenters. The van der Waals surface area contributed by atoms with Crippen LogP contribution in [0.3, 0.4) is 0 Å². The lowest BCUT2D eigenvalue weighted by atomic mass is 9.87. The van der Waals surface area contributed by atoms with Crippen LogP contribution in [0.5, 0.6) is 5.75 Å². The predicted molar refractivity (Wildman–Crippen MR) is 114 cm³/mol. The van der Waals surface area contributed by atoms with Crippen molar-refractivity contribution in [2.24, 2.45) is 0 Å². The van der Waals surface area contributed by atoms with E-state index >= 15 is 0 Å². The van der Waals surface area contributed by atoms with E-state index in [9.17, 15) is 4.79 Å². The maximum atomic E-state index is 12.2. The Morgan fingerprint density at radius 1 is 0.964 bits per heavy atom. The Hall–Kier alpha value is -2.75. The van der Waals surface area contributed by atoms with Crippen molar-refractivity contribution >= 4 is 5.78 Å². The molecule has 2 N–H and O–H groups in total. The van der Waals surface area contributed by atoms with Gasteiger partial charge >= 0.3 is 0 Å². The fourth-order valence-corrected chi connectivity index (χ4v) is 4.50. The number of benzene rings is 1. The zero-order valence-corrected chi connectivity index (χ0v) is 17.9. The number of nitrogens with one attached hydrogen (secondary N) is 2. The lowest BCUT2D eigenvalue weighted by molar-refractivity contribution is 0.101. The average Bonchev–Trinajstić information content (AvgIpc) is 3.11. The molecule has 4 heteroatoms. The van der Waals surface area contributed by atoms with Crippen molar-refractivity contribution in [1.29, 1.82) is 0 Å². The molecule has 0 saturated carbocycles. The number of aryl methyl sites for hydroxylation is 2. The first kappa shape index (κ1) is 20.0. The number of aromatic nitrogens is 2. The quantitative estimate of drug-likeness (QED) is 0.554. The van der Waals surface area contributed by atoms with Crippen molar-refractivity contribution in [2.75, 3.05) is 7.11 Å². The fourth-order valence-electron chi connectivity index (χ4n) is 4.50. The molecule has 0 spiro atoms. The highest BCUT2D eigenvalue weighted by atomic mass is 16.5. The second kappa shape index (κ2) is 7.70. The van der Waals surface area contributed by atoms with E-state index < -0.39 is 0 Å². The molecule has 2 heterocycles. The Bertz CT molecular complexity index is 1010. The van der Waals surface area contributed by atoms with Crippen LogP contribution in [0.25, 0.3) is 0 Å². The first-order valence-corrected chi connectivity index (χ1v) is 9.81. The van der Waals surface area contributed by atoms with E-state index in [4.69, 9.17) is 4.74 Å². The van der Waals surface area contributed by atoms with Crippen LogP contribution in [0, 0.1) is 27.7 Å². The number of carbonyl (C=O) groups excluding carboxylic acids is 1. The first-order valence-electron chi connectivity index (χ1n) is 9.81. The molecule has 3 rings (SSSR count). The molecule has 0 aliphatic carbocycles. The maximum absolute atomic E-state index is 12.2. The van der Waals surface area contributed by atoms with Gasteiger partial charge in [-0.3, -0.25) is 4.79 Å². The Morgan fingerprint density at radius 3 is 2.00 bits per heavy atom. The number of rotatable bonds is 6. The molecule has 0 aliphatic rings. The summed E-state index contributed by atoms with van der Waals surface area (Å²) in [5, 5.41) is 0. The number of hydrogen-bond donors (Lipinski definition) is 2. The third kappa shape index (κ3) is 3.28. The molecule has 2 aromatic heterocycles. The van der Waals surface area contributed by atoms with Crippen LogP contribution in [0.15, 0.2) is 24.3 Å². The minimum atomic E-state index is -0.00305. The van der Waals surface area contributed by atoms with Crippen LogP contribution in [0.4, 0.5) is 0 Å². The van der Waals surface area contributed by atoms with E-state index in [0.29, 0.717) is 0 Å². The molecule has 148 valence electrons. The van der Waals surface area contributed by atoms with Crippen molar-refractivity contribution in [1.82, 2.24) is 9.97 Å². The summed E-state index contributed by atoms with van der Waals surface area (Å²) in [6.45, 7) is 12.2. The number of H-pyrrole nitrogens is 2. The topological polar surface area (TPSA) is 57.9 Å². The summed E-state index contributed by atoms with van der Waals surface area (Å²) < 4.78 is 5.34. The van der Waals surface area contributed by atoms with Gasteiger partial charge in [0.1, 0.15) is 5.75 Å². The van der Waals surface area contributed by atoms with E-state index in [1.165, 1.54) is 22.5 Å². The van der Waals surface area contributed by atoms with Gasteiger partial charge in [0.2, 0.25) is 0 Å². The van der Waals surface area contributed by atoms with Gasteiger partial charge in [-0.05, 0) is 75.4 Å². The van der Waals surface area contributed by atoms with E-state index in [1.54, 1.807) is 14.0 Å². The molecule has 0 saturated heterocycles. The van der Waals surface area contributed by atoms with Gasteiger partial charge < -0.3 is 14.7 Å². The standard InChI is InChI=1S/C24H30N2O2/c1-8-20-13(2)23(25-15(20)4)22(18-9-11-19(28-7)12-10-18)24-14(3)21(17(6)27)16(5)26-24/h9-12,22,25-26H,8H2,1-7H3. The van der Waals surface area contributed by atoms with Gasteiger partial charge in [0.15, 0.2) is 5.78 Å². The molecule has 1 unspecified atom stereocenters. The molecule has 0 fully saturated rings. The Kier molecular flexibility index (Phi) is 5.50. The van der Waals surface area contributed by atoms with Crippen molar-refractivity contribution in [3.8, 4) is 5.75 Å². The highest BCUT2D eigenvalue weighted by Crippen LogP contribution is 2.38. The average molecular weight is 379 g/mol. The van der Waals surface area contributed by atoms with E-state index in [1.807, 2.05) is 26.0 Å². The second-order valence-electron chi connectivity index (χ2n) is 7.55. The molecule has 0 radical (unpaired) electrons. The number of carbonyl (C=O) groups is 1. The van der Waals surface area contributed by atoms with Gasteiger partial charge in [-0.25, -0.2) is 0 Å². The monoisotopic (exact) mass is 378 g/mol. The van der Waals surface area contributed by atoms with Gasteiger partial charge in [-0.15, -0.1) is 0 Å². The summed E-state index contributed by atoms with van der Waals surface area (Å²) in [4.78, 5) is 19.4. The van der Waals surface area contributed by atoms with Crippen LogP contribution in [0.2, 0.25) is 0 Å². The summed E-state index contributed by atoms with van der Waals surface area (Å²) >= 11 is 0. The Labute approximate surface area is 167 Å². The molecule has 0 bridgehead atoms. The Morgan fingerprint density at radius 2 is 1.54 bits per heavy atom. The normalized spacial score (nSPS) is 12.2. The summed E-state index contributed by atoms with van der Waals surface area (Å²) in [5.41, 5.74) is 10.0. The lowest BCUT2D eigenvalue weighted by Gasteiger charge is -2.19. The van der Waals surface area contributed by atoms with Gasteiger partial charge in [0.05, 0.1) is 13.0 Å². The van der Waals surface area contributed by atoms with E-state index in [-0.39, 0.29) is 11.7 Å². The molecule has 4 nitrogen and oxygen atoms in total. The molecule has 3 aromatic rings. The summed E-state index contributed by atoms with van der Waals surface area (Å²) in [5.74, 6) is 0.927. The SMILES string of the molecule is CCc1c(C)[nH]c(C(c2ccc(OC)cc2)c2[nH]c(C)c(C(C)=O)c2C)c1C. The summed E-state index contributed by atoms with van der Waals surface area (Å²) in [6, 6.07) is 8.19. The van der Waals surface area contributed by atoms with Crippen LogP contribution in [-0.2, 0) is 6.42 Å². The van der Waals surface area contributed by atoms with Crippen LogP contribution in [-0.4, -0.2) is 22.9 Å². The second-order valence-corrected chi connectivity index (χ2v) is 7.55. The maximum Gasteiger partial charge on any atom is 0.161 e. The van der Waals surface area contributed by atoms with Crippen molar-refractivity contribution < 1.29 is 9.53 Å². The smallest absolute Gasteiger partial charge is 0.161 e. The summed E-state index contributed by atoms with van der Waals surface area (Å²) in [6.07, 6.45) is 0.991.